The molecule has 3 heteroatoms. The molecule has 0 radical (unpaired) electrons. The van der Waals surface area contributed by atoms with E-state index in [2.05, 4.69) is 0 Å². The van der Waals surface area contributed by atoms with Crippen LogP contribution in [-0.4, -0.2) is 23.9 Å². The van der Waals surface area contributed by atoms with E-state index in [9.17, 15) is 5.11 Å². The molecule has 0 aromatic heterocycles. The Morgan fingerprint density at radius 1 is 1.11 bits per heavy atom. The number of aliphatic hydroxyl groups is 1. The molecule has 0 unspecified atom stereocenters. The van der Waals surface area contributed by atoms with Crippen LogP contribution >= 0.6 is 0 Å². The lowest BCUT2D eigenvalue weighted by molar-refractivity contribution is -0.0215. The van der Waals surface area contributed by atoms with Crippen LogP contribution in [0.1, 0.15) is 39.0 Å². The Morgan fingerprint density at radius 3 is 2.39 bits per heavy atom. The van der Waals surface area contributed by atoms with E-state index in [-0.39, 0.29) is 6.61 Å². The average Bonchev–Trinajstić information content (AvgIpc) is 2.42. The number of ether oxygens (including phenoxy) is 2. The van der Waals surface area contributed by atoms with Crippen molar-refractivity contribution in [1.82, 2.24) is 0 Å². The topological polar surface area (TPSA) is 38.7 Å². The summed E-state index contributed by atoms with van der Waals surface area (Å²) in [6.07, 6.45) is 5.32. The number of hydrogen-bond donors (Lipinski definition) is 1. The van der Waals surface area contributed by atoms with Crippen molar-refractivity contribution in [3.8, 4) is 11.5 Å². The molecule has 1 fully saturated rings. The average molecular weight is 250 g/mol. The van der Waals surface area contributed by atoms with Crippen LogP contribution < -0.4 is 9.47 Å². The molecular weight excluding hydrogens is 228 g/mol. The highest BCUT2D eigenvalue weighted by Gasteiger charge is 2.34. The Hall–Kier alpha value is -1.22. The first-order valence-corrected chi connectivity index (χ1v) is 6.81. The minimum Gasteiger partial charge on any atom is -0.490 e. The highest BCUT2D eigenvalue weighted by Crippen LogP contribution is 2.36. The third kappa shape index (κ3) is 2.96. The van der Waals surface area contributed by atoms with Gasteiger partial charge in [0.2, 0.25) is 0 Å². The fraction of sp³-hybridized carbons (Fsp3) is 0.600. The van der Waals surface area contributed by atoms with E-state index in [1.165, 1.54) is 6.42 Å². The number of hydrogen-bond acceptors (Lipinski definition) is 3. The maximum Gasteiger partial charge on any atom is 0.162 e. The molecule has 18 heavy (non-hydrogen) atoms. The maximum absolute atomic E-state index is 9.66. The SMILES string of the molecule is CCOc1ccccc1OC1(CO)CCCCC1. The lowest BCUT2D eigenvalue weighted by Gasteiger charge is -2.36. The van der Waals surface area contributed by atoms with Gasteiger partial charge in [0.25, 0.3) is 0 Å². The normalized spacial score (nSPS) is 18.3. The second-order valence-corrected chi connectivity index (χ2v) is 4.88. The summed E-state index contributed by atoms with van der Waals surface area (Å²) in [7, 11) is 0. The highest BCUT2D eigenvalue weighted by atomic mass is 16.5. The maximum atomic E-state index is 9.66. The minimum atomic E-state index is -0.411. The van der Waals surface area contributed by atoms with E-state index in [1.807, 2.05) is 31.2 Å². The largest absolute Gasteiger partial charge is 0.490 e. The molecule has 1 aliphatic carbocycles. The summed E-state index contributed by atoms with van der Waals surface area (Å²) in [6.45, 7) is 2.65. The monoisotopic (exact) mass is 250 g/mol. The standard InChI is InChI=1S/C15H22O3/c1-2-17-13-8-4-5-9-14(13)18-15(12-16)10-6-3-7-11-15/h4-5,8-9,16H,2-3,6-7,10-12H2,1H3. The zero-order valence-corrected chi connectivity index (χ0v) is 11.0. The molecule has 1 aliphatic rings. The molecular formula is C15H22O3. The molecule has 1 N–H and O–H groups in total. The summed E-state index contributed by atoms with van der Waals surface area (Å²) in [4.78, 5) is 0. The van der Waals surface area contributed by atoms with Gasteiger partial charge < -0.3 is 14.6 Å². The van der Waals surface area contributed by atoms with Crippen molar-refractivity contribution in [1.29, 1.82) is 0 Å². The van der Waals surface area contributed by atoms with E-state index < -0.39 is 5.60 Å². The fourth-order valence-electron chi connectivity index (χ4n) is 2.53. The second-order valence-electron chi connectivity index (χ2n) is 4.88. The van der Waals surface area contributed by atoms with Gasteiger partial charge in [-0.15, -0.1) is 0 Å². The minimum absolute atomic E-state index is 0.0768. The molecule has 1 saturated carbocycles. The Balaban J connectivity index is 2.15. The Bertz CT molecular complexity index is 370. The molecule has 0 spiro atoms. The Labute approximate surface area is 109 Å². The van der Waals surface area contributed by atoms with Crippen molar-refractivity contribution in [2.24, 2.45) is 0 Å². The zero-order chi connectivity index (χ0) is 12.8. The second kappa shape index (κ2) is 6.10. The molecule has 3 nitrogen and oxygen atoms in total. The van der Waals surface area contributed by atoms with Crippen molar-refractivity contribution in [3.63, 3.8) is 0 Å². The molecule has 0 heterocycles. The number of rotatable bonds is 5. The van der Waals surface area contributed by atoms with Crippen molar-refractivity contribution >= 4 is 0 Å². The van der Waals surface area contributed by atoms with Gasteiger partial charge in [-0.05, 0) is 44.7 Å². The smallest absolute Gasteiger partial charge is 0.162 e. The molecule has 1 aromatic carbocycles. The van der Waals surface area contributed by atoms with Gasteiger partial charge in [0.05, 0.1) is 13.2 Å². The van der Waals surface area contributed by atoms with Gasteiger partial charge >= 0.3 is 0 Å². The van der Waals surface area contributed by atoms with E-state index in [0.29, 0.717) is 6.61 Å². The molecule has 0 amide bonds. The van der Waals surface area contributed by atoms with Crippen molar-refractivity contribution in [3.05, 3.63) is 24.3 Å². The summed E-state index contributed by atoms with van der Waals surface area (Å²) < 4.78 is 11.7. The lowest BCUT2D eigenvalue weighted by atomic mass is 9.85. The summed E-state index contributed by atoms with van der Waals surface area (Å²) in [5, 5.41) is 9.66. The Morgan fingerprint density at radius 2 is 1.78 bits per heavy atom. The van der Waals surface area contributed by atoms with Gasteiger partial charge in [0.15, 0.2) is 11.5 Å². The van der Waals surface area contributed by atoms with Crippen LogP contribution in [0.25, 0.3) is 0 Å². The van der Waals surface area contributed by atoms with Crippen LogP contribution in [-0.2, 0) is 0 Å². The number of aliphatic hydroxyl groups excluding tert-OH is 1. The van der Waals surface area contributed by atoms with Crippen LogP contribution in [0, 0.1) is 0 Å². The van der Waals surface area contributed by atoms with Gasteiger partial charge in [0, 0.05) is 0 Å². The van der Waals surface area contributed by atoms with E-state index >= 15 is 0 Å². The van der Waals surface area contributed by atoms with Crippen LogP contribution in [0.2, 0.25) is 0 Å². The third-order valence-corrected chi connectivity index (χ3v) is 3.53. The first kappa shape index (κ1) is 13.2. The van der Waals surface area contributed by atoms with Crippen LogP contribution in [0.4, 0.5) is 0 Å². The molecule has 2 rings (SSSR count). The fourth-order valence-corrected chi connectivity index (χ4v) is 2.53. The number of benzene rings is 1. The van der Waals surface area contributed by atoms with E-state index in [0.717, 1.165) is 37.2 Å². The van der Waals surface area contributed by atoms with Crippen molar-refractivity contribution in [2.45, 2.75) is 44.6 Å². The van der Waals surface area contributed by atoms with Crippen molar-refractivity contribution in [2.75, 3.05) is 13.2 Å². The van der Waals surface area contributed by atoms with Crippen LogP contribution in [0.5, 0.6) is 11.5 Å². The number of para-hydroxylation sites is 2. The van der Waals surface area contributed by atoms with Crippen LogP contribution in [0.3, 0.4) is 0 Å². The Kier molecular flexibility index (Phi) is 4.48. The predicted octanol–water partition coefficient (Wildman–Crippen LogP) is 3.16. The molecule has 100 valence electrons. The molecule has 0 bridgehead atoms. The first-order valence-electron chi connectivity index (χ1n) is 6.81. The highest BCUT2D eigenvalue weighted by molar-refractivity contribution is 5.40. The third-order valence-electron chi connectivity index (χ3n) is 3.53. The first-order chi connectivity index (χ1) is 8.79. The summed E-state index contributed by atoms with van der Waals surface area (Å²) in [6, 6.07) is 7.69. The predicted molar refractivity (Wildman–Crippen MR) is 71.1 cm³/mol. The molecule has 0 saturated heterocycles. The zero-order valence-electron chi connectivity index (χ0n) is 11.0. The van der Waals surface area contributed by atoms with Gasteiger partial charge in [-0.1, -0.05) is 18.6 Å². The van der Waals surface area contributed by atoms with Gasteiger partial charge in [-0.3, -0.25) is 0 Å². The molecule has 0 aliphatic heterocycles. The molecule has 0 atom stereocenters. The van der Waals surface area contributed by atoms with Gasteiger partial charge in [-0.25, -0.2) is 0 Å². The summed E-state index contributed by atoms with van der Waals surface area (Å²) >= 11 is 0. The molecule has 1 aromatic rings. The van der Waals surface area contributed by atoms with Gasteiger partial charge in [-0.2, -0.15) is 0 Å². The van der Waals surface area contributed by atoms with Gasteiger partial charge in [0.1, 0.15) is 5.60 Å². The van der Waals surface area contributed by atoms with Crippen LogP contribution in [0.15, 0.2) is 24.3 Å². The summed E-state index contributed by atoms with van der Waals surface area (Å²) in [5.41, 5.74) is -0.411. The van der Waals surface area contributed by atoms with Crippen molar-refractivity contribution < 1.29 is 14.6 Å². The van der Waals surface area contributed by atoms with E-state index in [4.69, 9.17) is 9.47 Å². The summed E-state index contributed by atoms with van der Waals surface area (Å²) in [5.74, 6) is 1.51. The van der Waals surface area contributed by atoms with E-state index in [1.54, 1.807) is 0 Å². The quantitative estimate of drug-likeness (QED) is 0.872. The lowest BCUT2D eigenvalue weighted by Crippen LogP contribution is -2.42.